The zero-order valence-corrected chi connectivity index (χ0v) is 15.5. The Morgan fingerprint density at radius 1 is 1.32 bits per heavy atom. The molecule has 3 rings (SSSR count). The van der Waals surface area contributed by atoms with Crippen molar-refractivity contribution in [1.29, 1.82) is 0 Å². The number of hydrogen-bond donors (Lipinski definition) is 2. The molecule has 1 amide bonds. The predicted octanol–water partition coefficient (Wildman–Crippen LogP) is 2.17. The predicted molar refractivity (Wildman–Crippen MR) is 96.7 cm³/mol. The molecule has 1 aliphatic carbocycles. The van der Waals surface area contributed by atoms with E-state index in [1.807, 2.05) is 17.5 Å². The van der Waals surface area contributed by atoms with Crippen LogP contribution in [0.3, 0.4) is 0 Å². The molecule has 2 aromatic rings. The highest BCUT2D eigenvalue weighted by Gasteiger charge is 2.30. The summed E-state index contributed by atoms with van der Waals surface area (Å²) in [7, 11) is -2.30. The molecule has 0 radical (unpaired) electrons. The third-order valence-electron chi connectivity index (χ3n) is 3.85. The van der Waals surface area contributed by atoms with Crippen molar-refractivity contribution in [2.75, 3.05) is 13.7 Å². The van der Waals surface area contributed by atoms with Crippen LogP contribution >= 0.6 is 11.3 Å². The second-order valence-electron chi connectivity index (χ2n) is 5.85. The van der Waals surface area contributed by atoms with E-state index in [2.05, 4.69) is 10.0 Å². The van der Waals surface area contributed by atoms with Gasteiger partial charge in [0.2, 0.25) is 10.0 Å². The molecular weight excluding hydrogens is 360 g/mol. The summed E-state index contributed by atoms with van der Waals surface area (Å²) < 4.78 is 32.7. The fourth-order valence-electron chi connectivity index (χ4n) is 2.37. The van der Waals surface area contributed by atoms with Crippen LogP contribution in [0.2, 0.25) is 0 Å². The van der Waals surface area contributed by atoms with E-state index in [4.69, 9.17) is 4.74 Å². The van der Waals surface area contributed by atoms with Gasteiger partial charge in [0.05, 0.1) is 7.11 Å². The lowest BCUT2D eigenvalue weighted by atomic mass is 10.2. The standard InChI is InChI=1S/C17H20N2O4S2/c1-23-15-7-4-12(11-16(15)25(21,22)19-13-5-6-13)17(20)18-9-8-14-3-2-10-24-14/h2-4,7,10-11,13,19H,5-6,8-9H2,1H3,(H,18,20). The van der Waals surface area contributed by atoms with E-state index in [9.17, 15) is 13.2 Å². The summed E-state index contributed by atoms with van der Waals surface area (Å²) in [4.78, 5) is 13.5. The molecule has 0 spiro atoms. The molecule has 134 valence electrons. The van der Waals surface area contributed by atoms with Crippen molar-refractivity contribution < 1.29 is 17.9 Å². The summed E-state index contributed by atoms with van der Waals surface area (Å²) in [5.41, 5.74) is 0.295. The number of rotatable bonds is 8. The first-order valence-corrected chi connectivity index (χ1v) is 10.4. The SMILES string of the molecule is COc1ccc(C(=O)NCCc2cccs2)cc1S(=O)(=O)NC1CC1. The first-order chi connectivity index (χ1) is 12.0. The zero-order valence-electron chi connectivity index (χ0n) is 13.8. The van der Waals surface area contributed by atoms with E-state index in [1.54, 1.807) is 17.4 Å². The van der Waals surface area contributed by atoms with Gasteiger partial charge in [-0.2, -0.15) is 0 Å². The molecule has 1 aromatic carbocycles. The summed E-state index contributed by atoms with van der Waals surface area (Å²) in [6, 6.07) is 8.40. The number of nitrogens with one attached hydrogen (secondary N) is 2. The Kier molecular flexibility index (Phi) is 5.41. The molecule has 1 aliphatic rings. The summed E-state index contributed by atoms with van der Waals surface area (Å²) in [6.07, 6.45) is 2.42. The van der Waals surface area contributed by atoms with Gasteiger partial charge in [-0.25, -0.2) is 13.1 Å². The van der Waals surface area contributed by atoms with Gasteiger partial charge in [-0.15, -0.1) is 11.3 Å². The molecular formula is C17H20N2O4S2. The van der Waals surface area contributed by atoms with Crippen LogP contribution in [-0.4, -0.2) is 34.0 Å². The number of thiophene rings is 1. The maximum atomic E-state index is 12.5. The van der Waals surface area contributed by atoms with E-state index < -0.39 is 10.0 Å². The van der Waals surface area contributed by atoms with Gasteiger partial charge < -0.3 is 10.1 Å². The van der Waals surface area contributed by atoms with E-state index in [0.717, 1.165) is 19.3 Å². The molecule has 25 heavy (non-hydrogen) atoms. The maximum Gasteiger partial charge on any atom is 0.251 e. The average Bonchev–Trinajstić information content (AvgIpc) is 3.24. The molecule has 0 saturated heterocycles. The summed E-state index contributed by atoms with van der Waals surface area (Å²) in [5, 5.41) is 4.81. The second-order valence-corrected chi connectivity index (χ2v) is 8.56. The highest BCUT2D eigenvalue weighted by molar-refractivity contribution is 7.89. The van der Waals surface area contributed by atoms with E-state index in [0.29, 0.717) is 12.1 Å². The Morgan fingerprint density at radius 3 is 2.76 bits per heavy atom. The van der Waals surface area contributed by atoms with Gasteiger partial charge in [-0.3, -0.25) is 4.79 Å². The Labute approximate surface area is 151 Å². The molecule has 1 heterocycles. The minimum atomic E-state index is -3.71. The topological polar surface area (TPSA) is 84.5 Å². The number of amides is 1. The van der Waals surface area contributed by atoms with Crippen LogP contribution in [0.25, 0.3) is 0 Å². The molecule has 1 fully saturated rings. The van der Waals surface area contributed by atoms with Crippen molar-refractivity contribution in [3.8, 4) is 5.75 Å². The van der Waals surface area contributed by atoms with Crippen molar-refractivity contribution in [2.24, 2.45) is 0 Å². The number of ether oxygens (including phenoxy) is 1. The molecule has 0 unspecified atom stereocenters. The summed E-state index contributed by atoms with van der Waals surface area (Å²) >= 11 is 1.64. The monoisotopic (exact) mass is 380 g/mol. The number of carbonyl (C=O) groups excluding carboxylic acids is 1. The van der Waals surface area contributed by atoms with Gasteiger partial charge in [-0.1, -0.05) is 6.07 Å². The third kappa shape index (κ3) is 4.59. The largest absolute Gasteiger partial charge is 0.495 e. The summed E-state index contributed by atoms with van der Waals surface area (Å²) in [5.74, 6) is -0.0784. The summed E-state index contributed by atoms with van der Waals surface area (Å²) in [6.45, 7) is 0.494. The van der Waals surface area contributed by atoms with Crippen molar-refractivity contribution in [3.63, 3.8) is 0 Å². The van der Waals surface area contributed by atoms with Gasteiger partial charge in [-0.05, 0) is 48.9 Å². The van der Waals surface area contributed by atoms with Crippen LogP contribution < -0.4 is 14.8 Å². The first-order valence-electron chi connectivity index (χ1n) is 8.00. The van der Waals surface area contributed by atoms with Crippen molar-refractivity contribution >= 4 is 27.3 Å². The molecule has 0 atom stereocenters. The lowest BCUT2D eigenvalue weighted by Crippen LogP contribution is -2.28. The number of benzene rings is 1. The molecule has 0 bridgehead atoms. The number of sulfonamides is 1. The molecule has 8 heteroatoms. The fourth-order valence-corrected chi connectivity index (χ4v) is 4.58. The smallest absolute Gasteiger partial charge is 0.251 e. The Balaban J connectivity index is 1.72. The fraction of sp³-hybridized carbons (Fsp3) is 0.353. The normalized spacial score (nSPS) is 14.3. The quantitative estimate of drug-likeness (QED) is 0.735. The molecule has 6 nitrogen and oxygen atoms in total. The molecule has 2 N–H and O–H groups in total. The van der Waals surface area contributed by atoms with Gasteiger partial charge in [0.1, 0.15) is 10.6 Å². The van der Waals surface area contributed by atoms with Crippen LogP contribution in [0.4, 0.5) is 0 Å². The van der Waals surface area contributed by atoms with Crippen LogP contribution in [-0.2, 0) is 16.4 Å². The van der Waals surface area contributed by atoms with E-state index in [-0.39, 0.29) is 22.6 Å². The van der Waals surface area contributed by atoms with Crippen molar-refractivity contribution in [3.05, 3.63) is 46.2 Å². The maximum absolute atomic E-state index is 12.5. The Hall–Kier alpha value is -1.90. The minimum absolute atomic E-state index is 0.00666. The minimum Gasteiger partial charge on any atom is -0.495 e. The van der Waals surface area contributed by atoms with Crippen LogP contribution in [0.15, 0.2) is 40.6 Å². The third-order valence-corrected chi connectivity index (χ3v) is 6.33. The zero-order chi connectivity index (χ0) is 17.9. The van der Waals surface area contributed by atoms with Gasteiger partial charge in [0, 0.05) is 23.0 Å². The number of methoxy groups -OCH3 is 1. The number of hydrogen-bond acceptors (Lipinski definition) is 5. The van der Waals surface area contributed by atoms with Gasteiger partial charge in [0.25, 0.3) is 5.91 Å². The molecule has 0 aliphatic heterocycles. The van der Waals surface area contributed by atoms with Crippen LogP contribution in [0.1, 0.15) is 28.1 Å². The Morgan fingerprint density at radius 2 is 2.12 bits per heavy atom. The molecule has 1 aromatic heterocycles. The molecule has 1 saturated carbocycles. The second kappa shape index (κ2) is 7.55. The van der Waals surface area contributed by atoms with Gasteiger partial charge >= 0.3 is 0 Å². The highest BCUT2D eigenvalue weighted by Crippen LogP contribution is 2.28. The van der Waals surface area contributed by atoms with E-state index in [1.165, 1.54) is 24.1 Å². The van der Waals surface area contributed by atoms with Crippen LogP contribution in [0, 0.1) is 0 Å². The van der Waals surface area contributed by atoms with Crippen LogP contribution in [0.5, 0.6) is 5.75 Å². The number of carbonyl (C=O) groups is 1. The average molecular weight is 380 g/mol. The van der Waals surface area contributed by atoms with Crippen molar-refractivity contribution in [1.82, 2.24) is 10.0 Å². The lowest BCUT2D eigenvalue weighted by Gasteiger charge is -2.12. The highest BCUT2D eigenvalue weighted by atomic mass is 32.2. The first kappa shape index (κ1) is 17.9. The lowest BCUT2D eigenvalue weighted by molar-refractivity contribution is 0.0954. The van der Waals surface area contributed by atoms with Crippen molar-refractivity contribution in [2.45, 2.75) is 30.2 Å². The van der Waals surface area contributed by atoms with E-state index >= 15 is 0 Å². The van der Waals surface area contributed by atoms with Gasteiger partial charge in [0.15, 0.2) is 0 Å². The Bertz CT molecular complexity index is 844.